The molecule has 0 aromatic heterocycles. The molecule has 0 aromatic carbocycles. The van der Waals surface area contributed by atoms with Crippen LogP contribution in [0.5, 0.6) is 0 Å². The zero-order valence-corrected chi connectivity index (χ0v) is 34.7. The topological polar surface area (TPSA) is 155 Å². The van der Waals surface area contributed by atoms with Gasteiger partial charge in [-0.2, -0.15) is 0 Å². The number of nitrogens with two attached hydrogens (primary N) is 1. The van der Waals surface area contributed by atoms with Crippen LogP contribution in [0.3, 0.4) is 0 Å². The molecule has 10 nitrogen and oxygen atoms in total. The standard InChI is InChI=1S/C43H76NO9P/c1-3-5-7-9-11-13-14-15-16-17-18-20-22-26-31-35-43(47)53-41(39-52-54(48,49)51-37-36-44)38-50-42(46)34-30-27-23-25-29-33-40(45)32-28-24-21-19-12-10-8-6-4-2/h12,15-16,19,23-25,28-29,33,40-41,45H,3-11,13-14,17-18,20-22,26-27,30-32,34-39,44H2,1-2H3,(H,48,49)/b16-15-,19-12-,25-23+,28-24-,33-29-/t40?,41-/m1/s1. The van der Waals surface area contributed by atoms with E-state index in [4.69, 9.17) is 24.3 Å². The second-order valence-electron chi connectivity index (χ2n) is 13.7. The van der Waals surface area contributed by atoms with Crippen molar-refractivity contribution in [3.63, 3.8) is 0 Å². The lowest BCUT2D eigenvalue weighted by Gasteiger charge is -2.19. The zero-order valence-electron chi connectivity index (χ0n) is 33.8. The minimum atomic E-state index is -4.41. The quantitative estimate of drug-likeness (QED) is 0.0181. The van der Waals surface area contributed by atoms with E-state index in [9.17, 15) is 24.2 Å². The first-order valence-corrected chi connectivity index (χ1v) is 22.4. The molecule has 0 aliphatic rings. The van der Waals surface area contributed by atoms with Crippen LogP contribution < -0.4 is 5.73 Å². The average molecular weight is 782 g/mol. The summed E-state index contributed by atoms with van der Waals surface area (Å²) in [5.74, 6) is -0.973. The van der Waals surface area contributed by atoms with E-state index in [1.807, 2.05) is 18.2 Å². The highest BCUT2D eigenvalue weighted by Crippen LogP contribution is 2.43. The summed E-state index contributed by atoms with van der Waals surface area (Å²) in [6.45, 7) is 3.50. The molecule has 0 aliphatic carbocycles. The molecule has 0 radical (unpaired) electrons. The molecular formula is C43H76NO9P. The van der Waals surface area contributed by atoms with Crippen LogP contribution in [-0.2, 0) is 32.7 Å². The Morgan fingerprint density at radius 2 is 1.20 bits per heavy atom. The lowest BCUT2D eigenvalue weighted by Crippen LogP contribution is -2.29. The molecule has 11 heteroatoms. The van der Waals surface area contributed by atoms with E-state index in [0.29, 0.717) is 25.7 Å². The number of aliphatic hydroxyl groups is 1. The van der Waals surface area contributed by atoms with E-state index in [-0.39, 0.29) is 32.6 Å². The third kappa shape index (κ3) is 38.0. The molecule has 0 bridgehead atoms. The first kappa shape index (κ1) is 51.7. The van der Waals surface area contributed by atoms with Gasteiger partial charge in [0.05, 0.1) is 19.3 Å². The highest BCUT2D eigenvalue weighted by atomic mass is 31.2. The van der Waals surface area contributed by atoms with Gasteiger partial charge in [-0.1, -0.05) is 139 Å². The van der Waals surface area contributed by atoms with Crippen molar-refractivity contribution in [2.75, 3.05) is 26.4 Å². The fraction of sp³-hybridized carbons (Fsp3) is 0.721. The average Bonchev–Trinajstić information content (AvgIpc) is 3.15. The fourth-order valence-electron chi connectivity index (χ4n) is 5.29. The van der Waals surface area contributed by atoms with Crippen LogP contribution in [-0.4, -0.2) is 60.5 Å². The largest absolute Gasteiger partial charge is 0.472 e. The Labute approximate surface area is 328 Å². The van der Waals surface area contributed by atoms with Crippen LogP contribution in [0.1, 0.15) is 162 Å². The van der Waals surface area contributed by atoms with E-state index < -0.39 is 38.6 Å². The Balaban J connectivity index is 4.38. The van der Waals surface area contributed by atoms with Crippen molar-refractivity contribution in [3.8, 4) is 0 Å². The normalized spacial score (nSPS) is 14.5. The smallest absolute Gasteiger partial charge is 0.462 e. The van der Waals surface area contributed by atoms with Gasteiger partial charge in [0.15, 0.2) is 6.10 Å². The van der Waals surface area contributed by atoms with Gasteiger partial charge in [0.1, 0.15) is 6.61 Å². The summed E-state index contributed by atoms with van der Waals surface area (Å²) in [6.07, 6.45) is 41.4. The Morgan fingerprint density at radius 1 is 0.648 bits per heavy atom. The van der Waals surface area contributed by atoms with E-state index in [2.05, 4.69) is 44.2 Å². The predicted octanol–water partition coefficient (Wildman–Crippen LogP) is 10.7. The summed E-state index contributed by atoms with van der Waals surface area (Å²) >= 11 is 0. The number of hydrogen-bond acceptors (Lipinski definition) is 9. The number of esters is 2. The third-order valence-electron chi connectivity index (χ3n) is 8.46. The molecule has 0 saturated carbocycles. The van der Waals surface area contributed by atoms with Gasteiger partial charge in [-0.3, -0.25) is 18.6 Å². The number of allylic oxidation sites excluding steroid dienone is 8. The Hall–Kier alpha value is -2.33. The van der Waals surface area contributed by atoms with Gasteiger partial charge in [0.25, 0.3) is 0 Å². The number of phosphoric acid groups is 1. The number of aliphatic hydroxyl groups excluding tert-OH is 1. The van der Waals surface area contributed by atoms with Gasteiger partial charge >= 0.3 is 19.8 Å². The van der Waals surface area contributed by atoms with Gasteiger partial charge in [0, 0.05) is 19.4 Å². The first-order valence-electron chi connectivity index (χ1n) is 20.9. The first-order chi connectivity index (χ1) is 26.2. The maximum absolute atomic E-state index is 12.6. The summed E-state index contributed by atoms with van der Waals surface area (Å²) in [5, 5.41) is 10.1. The number of carbonyl (C=O) groups is 2. The molecule has 54 heavy (non-hydrogen) atoms. The maximum atomic E-state index is 12.6. The molecule has 0 amide bonds. The highest BCUT2D eigenvalue weighted by Gasteiger charge is 2.25. The van der Waals surface area contributed by atoms with Crippen LogP contribution in [0.4, 0.5) is 0 Å². The van der Waals surface area contributed by atoms with Crippen LogP contribution in [0, 0.1) is 0 Å². The molecule has 2 unspecified atom stereocenters. The molecule has 4 N–H and O–H groups in total. The van der Waals surface area contributed by atoms with Gasteiger partial charge in [-0.15, -0.1) is 0 Å². The molecule has 312 valence electrons. The van der Waals surface area contributed by atoms with E-state index in [0.717, 1.165) is 51.4 Å². The Bertz CT molecular complexity index is 1090. The van der Waals surface area contributed by atoms with Gasteiger partial charge in [-0.05, 0) is 70.6 Å². The summed E-state index contributed by atoms with van der Waals surface area (Å²) in [5.41, 5.74) is 5.33. The number of ether oxygens (including phenoxy) is 2. The van der Waals surface area contributed by atoms with Crippen LogP contribution in [0.2, 0.25) is 0 Å². The molecule has 0 saturated heterocycles. The van der Waals surface area contributed by atoms with Crippen molar-refractivity contribution in [2.24, 2.45) is 5.73 Å². The molecule has 0 aromatic rings. The SMILES string of the molecule is CCCCC/C=C\C/C=C\CC(O)/C=C\C=C\CCCC(=O)OC[C@H](COP(=O)(O)OCCN)OC(=O)CCCCCCC/C=C\CCCCCCCC. The number of hydrogen-bond donors (Lipinski definition) is 3. The highest BCUT2D eigenvalue weighted by molar-refractivity contribution is 7.47. The third-order valence-corrected chi connectivity index (χ3v) is 9.44. The molecule has 0 heterocycles. The van der Waals surface area contributed by atoms with Gasteiger partial charge in [-0.25, -0.2) is 4.57 Å². The fourth-order valence-corrected chi connectivity index (χ4v) is 6.05. The van der Waals surface area contributed by atoms with Crippen molar-refractivity contribution < 1.29 is 42.7 Å². The molecule has 0 aliphatic heterocycles. The van der Waals surface area contributed by atoms with Crippen molar-refractivity contribution in [1.29, 1.82) is 0 Å². The second kappa shape index (κ2) is 38.9. The second-order valence-corrected chi connectivity index (χ2v) is 15.2. The van der Waals surface area contributed by atoms with E-state index in [1.165, 1.54) is 57.8 Å². The minimum absolute atomic E-state index is 0.0302. The van der Waals surface area contributed by atoms with Crippen molar-refractivity contribution in [3.05, 3.63) is 60.8 Å². The lowest BCUT2D eigenvalue weighted by atomic mass is 10.1. The minimum Gasteiger partial charge on any atom is -0.462 e. The molecule has 0 fully saturated rings. The van der Waals surface area contributed by atoms with E-state index >= 15 is 0 Å². The molecular weight excluding hydrogens is 705 g/mol. The molecule has 0 rings (SSSR count). The summed E-state index contributed by atoms with van der Waals surface area (Å²) in [6, 6.07) is 0. The van der Waals surface area contributed by atoms with Gasteiger partial charge in [0.2, 0.25) is 0 Å². The van der Waals surface area contributed by atoms with E-state index in [1.54, 1.807) is 12.2 Å². The van der Waals surface area contributed by atoms with Crippen molar-refractivity contribution in [2.45, 2.75) is 174 Å². The molecule has 0 spiro atoms. The van der Waals surface area contributed by atoms with Crippen LogP contribution >= 0.6 is 7.82 Å². The Morgan fingerprint density at radius 3 is 1.89 bits per heavy atom. The van der Waals surface area contributed by atoms with Gasteiger partial charge < -0.3 is 25.2 Å². The number of phosphoric ester groups is 1. The summed E-state index contributed by atoms with van der Waals surface area (Å²) in [4.78, 5) is 34.8. The number of unbranched alkanes of at least 4 members (excludes halogenated alkanes) is 15. The summed E-state index contributed by atoms with van der Waals surface area (Å²) < 4.78 is 32.6. The van der Waals surface area contributed by atoms with Crippen LogP contribution in [0.25, 0.3) is 0 Å². The maximum Gasteiger partial charge on any atom is 0.472 e. The zero-order chi connectivity index (χ0) is 39.8. The number of rotatable bonds is 38. The van der Waals surface area contributed by atoms with Crippen molar-refractivity contribution in [1.82, 2.24) is 0 Å². The van der Waals surface area contributed by atoms with Crippen LogP contribution in [0.15, 0.2) is 60.8 Å². The summed E-state index contributed by atoms with van der Waals surface area (Å²) in [7, 11) is -4.41. The predicted molar refractivity (Wildman–Crippen MR) is 221 cm³/mol. The molecule has 3 atom stereocenters. The Kier molecular flexibility index (Phi) is 37.2. The monoisotopic (exact) mass is 782 g/mol. The number of carbonyl (C=O) groups excluding carboxylic acids is 2. The lowest BCUT2D eigenvalue weighted by molar-refractivity contribution is -0.161. The van der Waals surface area contributed by atoms with Crippen molar-refractivity contribution >= 4 is 19.8 Å².